The first-order valence-electron chi connectivity index (χ1n) is 6.74. The second-order valence-corrected chi connectivity index (χ2v) is 7.36. The molecule has 2 atom stereocenters. The average Bonchev–Trinajstić information content (AvgIpc) is 2.38. The van der Waals surface area contributed by atoms with Gasteiger partial charge in [-0.3, -0.25) is 0 Å². The highest BCUT2D eigenvalue weighted by atomic mass is 32.2. The first-order chi connectivity index (χ1) is 9.75. The van der Waals surface area contributed by atoms with Crippen LogP contribution in [0.3, 0.4) is 0 Å². The van der Waals surface area contributed by atoms with Crippen LogP contribution in [0.1, 0.15) is 36.6 Å². The molecule has 2 heterocycles. The quantitative estimate of drug-likeness (QED) is 0.261. The van der Waals surface area contributed by atoms with Gasteiger partial charge < -0.3 is 17.3 Å². The van der Waals surface area contributed by atoms with Gasteiger partial charge in [-0.25, -0.2) is 0 Å². The van der Waals surface area contributed by atoms with E-state index in [1.165, 1.54) is 17.7 Å². The van der Waals surface area contributed by atoms with Crippen LogP contribution in [0.25, 0.3) is 6.08 Å². The molecule has 114 valence electrons. The molecule has 0 aliphatic carbocycles. The molecule has 2 aliphatic rings. The standard InChI is InChI=1S/C15H17S.BF4/c1-11-9-15-14-6-4-3-5-13(14)7-8-16(15)10-12(11)2;2-1(3,4)5/h3-8,15H,9-10H2,1-2H3;/q+1;-1. The van der Waals surface area contributed by atoms with Gasteiger partial charge >= 0.3 is 7.25 Å². The fourth-order valence-electron chi connectivity index (χ4n) is 2.57. The van der Waals surface area contributed by atoms with Crippen LogP contribution in [-0.2, 0) is 10.9 Å². The Bertz CT molecular complexity index is 571. The Balaban J connectivity index is 0.000000282. The highest BCUT2D eigenvalue weighted by molar-refractivity contribution is 8.00. The fraction of sp³-hybridized carbons (Fsp3) is 0.333. The van der Waals surface area contributed by atoms with E-state index in [1.807, 2.05) is 0 Å². The summed E-state index contributed by atoms with van der Waals surface area (Å²) in [6.07, 6.45) is 3.58. The maximum absolute atomic E-state index is 9.75. The zero-order chi connectivity index (χ0) is 15.6. The Morgan fingerprint density at radius 3 is 2.33 bits per heavy atom. The van der Waals surface area contributed by atoms with Gasteiger partial charge in [0.15, 0.2) is 5.25 Å². The summed E-state index contributed by atoms with van der Waals surface area (Å²) in [7, 11) is -5.55. The molecule has 0 bridgehead atoms. The van der Waals surface area contributed by atoms with E-state index in [-0.39, 0.29) is 0 Å². The Labute approximate surface area is 125 Å². The number of halogens is 4. The van der Waals surface area contributed by atoms with Crippen LogP contribution in [-0.4, -0.2) is 13.0 Å². The van der Waals surface area contributed by atoms with Crippen LogP contribution >= 0.6 is 0 Å². The van der Waals surface area contributed by atoms with E-state index in [4.69, 9.17) is 0 Å². The van der Waals surface area contributed by atoms with Crippen molar-refractivity contribution in [2.75, 3.05) is 5.75 Å². The first-order valence-corrected chi connectivity index (χ1v) is 8.26. The molecule has 0 N–H and O–H groups in total. The maximum Gasteiger partial charge on any atom is 0.673 e. The summed E-state index contributed by atoms with van der Waals surface area (Å²) in [6.45, 7) is 4.60. The minimum absolute atomic E-state index is 0.447. The third-order valence-electron chi connectivity index (χ3n) is 3.73. The monoisotopic (exact) mass is 316 g/mol. The highest BCUT2D eigenvalue weighted by Crippen LogP contribution is 2.42. The van der Waals surface area contributed by atoms with Crippen LogP contribution in [0, 0.1) is 0 Å². The van der Waals surface area contributed by atoms with Crippen molar-refractivity contribution in [3.63, 3.8) is 0 Å². The molecule has 0 amide bonds. The molecule has 2 aliphatic heterocycles. The molecule has 0 nitrogen and oxygen atoms in total. The maximum atomic E-state index is 9.75. The molecule has 0 saturated heterocycles. The molecule has 3 rings (SSSR count). The van der Waals surface area contributed by atoms with E-state index in [1.54, 1.807) is 16.7 Å². The lowest BCUT2D eigenvalue weighted by atomic mass is 9.97. The van der Waals surface area contributed by atoms with E-state index in [2.05, 4.69) is 49.6 Å². The van der Waals surface area contributed by atoms with Crippen LogP contribution in [0.4, 0.5) is 17.3 Å². The SMILES string of the molecule is CC1=C(C)C[S+]2C=Cc3ccccc3C2C1.F[B-](F)(F)F. The molecule has 0 aromatic heterocycles. The van der Waals surface area contributed by atoms with E-state index in [0.29, 0.717) is 10.9 Å². The number of rotatable bonds is 0. The summed E-state index contributed by atoms with van der Waals surface area (Å²) < 4.78 is 39.0. The molecule has 1 aromatic rings. The van der Waals surface area contributed by atoms with Gasteiger partial charge in [-0.2, -0.15) is 0 Å². The van der Waals surface area contributed by atoms with Crippen molar-refractivity contribution in [3.05, 3.63) is 51.9 Å². The van der Waals surface area contributed by atoms with Gasteiger partial charge in [0.05, 0.1) is 0 Å². The van der Waals surface area contributed by atoms with Gasteiger partial charge in [0.1, 0.15) is 11.2 Å². The molecule has 6 heteroatoms. The third kappa shape index (κ3) is 4.40. The van der Waals surface area contributed by atoms with Crippen molar-refractivity contribution in [3.8, 4) is 0 Å². The lowest BCUT2D eigenvalue weighted by Gasteiger charge is -2.27. The molecular formula is C15H17BF4S. The summed E-state index contributed by atoms with van der Waals surface area (Å²) in [4.78, 5) is 0. The Morgan fingerprint density at radius 2 is 1.67 bits per heavy atom. The van der Waals surface area contributed by atoms with Crippen molar-refractivity contribution in [1.82, 2.24) is 0 Å². The Morgan fingerprint density at radius 1 is 1.05 bits per heavy atom. The van der Waals surface area contributed by atoms with E-state index >= 15 is 0 Å². The summed E-state index contributed by atoms with van der Waals surface area (Å²) >= 11 is 0. The highest BCUT2D eigenvalue weighted by Gasteiger charge is 2.38. The largest absolute Gasteiger partial charge is 0.673 e. The summed E-state index contributed by atoms with van der Waals surface area (Å²) in [5.41, 5.74) is 6.23. The number of benzene rings is 1. The minimum Gasteiger partial charge on any atom is -0.418 e. The molecular weight excluding hydrogens is 299 g/mol. The Kier molecular flexibility index (Phi) is 4.86. The minimum atomic E-state index is -6.00. The van der Waals surface area contributed by atoms with Gasteiger partial charge in [0.2, 0.25) is 0 Å². The van der Waals surface area contributed by atoms with Crippen molar-refractivity contribution in [1.29, 1.82) is 0 Å². The number of hydrogen-bond donors (Lipinski definition) is 0. The van der Waals surface area contributed by atoms with Crippen LogP contribution in [0.15, 0.2) is 40.8 Å². The molecule has 0 fully saturated rings. The molecule has 0 spiro atoms. The predicted molar refractivity (Wildman–Crippen MR) is 83.6 cm³/mol. The topological polar surface area (TPSA) is 0 Å². The first kappa shape index (κ1) is 16.2. The number of allylic oxidation sites excluding steroid dienone is 1. The molecule has 1 aromatic carbocycles. The van der Waals surface area contributed by atoms with Gasteiger partial charge in [0.25, 0.3) is 0 Å². The Hall–Kier alpha value is -1.17. The lowest BCUT2D eigenvalue weighted by molar-refractivity contribution is 0.368. The van der Waals surface area contributed by atoms with Crippen molar-refractivity contribution >= 4 is 24.2 Å². The van der Waals surface area contributed by atoms with Crippen LogP contribution in [0.5, 0.6) is 0 Å². The fourth-order valence-corrected chi connectivity index (χ4v) is 5.13. The molecule has 2 unspecified atom stereocenters. The summed E-state index contributed by atoms with van der Waals surface area (Å²) in [5, 5.41) is 3.20. The van der Waals surface area contributed by atoms with E-state index < -0.39 is 7.25 Å². The molecule has 0 saturated carbocycles. The van der Waals surface area contributed by atoms with E-state index in [9.17, 15) is 17.3 Å². The van der Waals surface area contributed by atoms with Crippen LogP contribution in [0.2, 0.25) is 0 Å². The van der Waals surface area contributed by atoms with Crippen LogP contribution < -0.4 is 0 Å². The lowest BCUT2D eigenvalue weighted by Crippen LogP contribution is -2.24. The molecule has 0 radical (unpaired) electrons. The second-order valence-electron chi connectivity index (χ2n) is 5.29. The number of hydrogen-bond acceptors (Lipinski definition) is 0. The van der Waals surface area contributed by atoms with Gasteiger partial charge in [0, 0.05) is 22.9 Å². The van der Waals surface area contributed by atoms with Crippen molar-refractivity contribution in [2.45, 2.75) is 25.5 Å². The zero-order valence-corrected chi connectivity index (χ0v) is 12.8. The third-order valence-corrected chi connectivity index (χ3v) is 6.14. The summed E-state index contributed by atoms with van der Waals surface area (Å²) in [5.74, 6) is 1.28. The van der Waals surface area contributed by atoms with Gasteiger partial charge in [-0.05, 0) is 31.1 Å². The summed E-state index contributed by atoms with van der Waals surface area (Å²) in [6, 6.07) is 8.88. The normalized spacial score (nSPS) is 23.9. The average molecular weight is 316 g/mol. The zero-order valence-electron chi connectivity index (χ0n) is 12.0. The van der Waals surface area contributed by atoms with Crippen molar-refractivity contribution in [2.24, 2.45) is 0 Å². The van der Waals surface area contributed by atoms with Gasteiger partial charge in [-0.1, -0.05) is 29.8 Å². The van der Waals surface area contributed by atoms with E-state index in [0.717, 1.165) is 5.25 Å². The second kappa shape index (κ2) is 6.30. The molecule has 21 heavy (non-hydrogen) atoms. The van der Waals surface area contributed by atoms with Crippen molar-refractivity contribution < 1.29 is 17.3 Å². The predicted octanol–water partition coefficient (Wildman–Crippen LogP) is 5.37. The van der Waals surface area contributed by atoms with Gasteiger partial charge in [-0.15, -0.1) is 0 Å². The smallest absolute Gasteiger partial charge is 0.418 e. The number of fused-ring (bicyclic) bond motifs is 3.